The van der Waals surface area contributed by atoms with E-state index in [0.29, 0.717) is 30.3 Å². The molecule has 6 nitrogen and oxygen atoms in total. The number of anilines is 1. The Morgan fingerprint density at radius 1 is 1.07 bits per heavy atom. The van der Waals surface area contributed by atoms with Gasteiger partial charge in [-0.3, -0.25) is 9.59 Å². The van der Waals surface area contributed by atoms with Gasteiger partial charge in [0.25, 0.3) is 11.8 Å². The highest BCUT2D eigenvalue weighted by molar-refractivity contribution is 6.04. The molecule has 30 heavy (non-hydrogen) atoms. The van der Waals surface area contributed by atoms with E-state index in [4.69, 9.17) is 4.74 Å². The number of amides is 2. The molecule has 1 aliphatic heterocycles. The smallest absolute Gasteiger partial charge is 0.262 e. The van der Waals surface area contributed by atoms with Gasteiger partial charge in [-0.05, 0) is 49.2 Å². The normalized spacial score (nSPS) is 14.6. The highest BCUT2D eigenvalue weighted by Gasteiger charge is 2.23. The molecule has 1 saturated heterocycles. The van der Waals surface area contributed by atoms with Gasteiger partial charge in [0.15, 0.2) is 6.61 Å². The lowest BCUT2D eigenvalue weighted by atomic mass is 10.0. The molecule has 2 amide bonds. The number of rotatable bonds is 6. The number of hydrogen-bond donors (Lipinski definition) is 1. The summed E-state index contributed by atoms with van der Waals surface area (Å²) in [7, 11) is 2.05. The zero-order chi connectivity index (χ0) is 21.7. The maximum absolute atomic E-state index is 13.0. The minimum Gasteiger partial charge on any atom is -0.483 e. The predicted molar refractivity (Wildman–Crippen MR) is 119 cm³/mol. The number of nitrogens with zero attached hydrogens (tertiary/aromatic N) is 2. The molecule has 1 heterocycles. The van der Waals surface area contributed by atoms with E-state index in [2.05, 4.69) is 31.1 Å². The Hall–Kier alpha value is -2.86. The van der Waals surface area contributed by atoms with Crippen LogP contribution < -0.4 is 10.1 Å². The zero-order valence-corrected chi connectivity index (χ0v) is 18.3. The highest BCUT2D eigenvalue weighted by Crippen LogP contribution is 2.27. The van der Waals surface area contributed by atoms with Gasteiger partial charge >= 0.3 is 0 Å². The van der Waals surface area contributed by atoms with Crippen molar-refractivity contribution in [3.63, 3.8) is 0 Å². The van der Waals surface area contributed by atoms with Gasteiger partial charge in [0, 0.05) is 26.2 Å². The number of aryl methyl sites for hydroxylation is 1. The van der Waals surface area contributed by atoms with Crippen LogP contribution >= 0.6 is 0 Å². The quantitative estimate of drug-likeness (QED) is 0.793. The minimum absolute atomic E-state index is 0.0549. The molecule has 0 spiro atoms. The molecular formula is C24H31N3O3. The summed E-state index contributed by atoms with van der Waals surface area (Å²) >= 11 is 0. The van der Waals surface area contributed by atoms with Gasteiger partial charge < -0.3 is 19.9 Å². The molecular weight excluding hydrogens is 378 g/mol. The van der Waals surface area contributed by atoms with Gasteiger partial charge in [-0.25, -0.2) is 0 Å². The number of benzene rings is 2. The van der Waals surface area contributed by atoms with Gasteiger partial charge in [-0.15, -0.1) is 0 Å². The molecule has 0 aliphatic carbocycles. The molecule has 3 rings (SSSR count). The fourth-order valence-electron chi connectivity index (χ4n) is 3.53. The standard InChI is InChI=1S/C24H31N3O3/c1-17(2)19-10-9-18(3)15-22(19)30-16-23(28)25-21-8-6-5-7-20(21)24(29)27-13-11-26(4)12-14-27/h5-10,15,17H,11-14,16H2,1-4H3,(H,25,28). The SMILES string of the molecule is Cc1ccc(C(C)C)c(OCC(=O)Nc2ccccc2C(=O)N2CCN(C)CC2)c1. The first-order valence-corrected chi connectivity index (χ1v) is 10.4. The van der Waals surface area contributed by atoms with Crippen LogP contribution in [0.25, 0.3) is 0 Å². The van der Waals surface area contributed by atoms with Crippen molar-refractivity contribution in [3.05, 3.63) is 59.2 Å². The van der Waals surface area contributed by atoms with Crippen molar-refractivity contribution in [2.24, 2.45) is 0 Å². The van der Waals surface area contributed by atoms with E-state index in [-0.39, 0.29) is 18.4 Å². The molecule has 2 aromatic rings. The first-order chi connectivity index (χ1) is 14.3. The number of ether oxygens (including phenoxy) is 1. The first kappa shape index (κ1) is 21.8. The molecule has 160 valence electrons. The number of piperazine rings is 1. The van der Waals surface area contributed by atoms with Crippen molar-refractivity contribution in [1.82, 2.24) is 9.80 Å². The lowest BCUT2D eigenvalue weighted by molar-refractivity contribution is -0.118. The third kappa shape index (κ3) is 5.39. The molecule has 0 atom stereocenters. The van der Waals surface area contributed by atoms with Crippen LogP contribution in [0.4, 0.5) is 5.69 Å². The number of carbonyl (C=O) groups excluding carboxylic acids is 2. The Balaban J connectivity index is 1.67. The third-order valence-corrected chi connectivity index (χ3v) is 5.37. The second kappa shape index (κ2) is 9.76. The van der Waals surface area contributed by atoms with Gasteiger partial charge in [0.05, 0.1) is 11.3 Å². The fraction of sp³-hybridized carbons (Fsp3) is 0.417. The number of hydrogen-bond acceptors (Lipinski definition) is 4. The molecule has 1 fully saturated rings. The number of para-hydroxylation sites is 1. The van der Waals surface area contributed by atoms with Gasteiger partial charge in [0.2, 0.25) is 0 Å². The number of nitrogens with one attached hydrogen (secondary N) is 1. The summed E-state index contributed by atoms with van der Waals surface area (Å²) in [6.07, 6.45) is 0. The second-order valence-corrected chi connectivity index (χ2v) is 8.17. The molecule has 6 heteroatoms. The largest absolute Gasteiger partial charge is 0.483 e. The summed E-state index contributed by atoms with van der Waals surface area (Å²) in [5, 5.41) is 2.85. The Morgan fingerprint density at radius 2 is 1.77 bits per heavy atom. The van der Waals surface area contributed by atoms with Crippen molar-refractivity contribution in [2.45, 2.75) is 26.7 Å². The van der Waals surface area contributed by atoms with Crippen LogP contribution in [0, 0.1) is 6.92 Å². The van der Waals surface area contributed by atoms with E-state index in [9.17, 15) is 9.59 Å². The monoisotopic (exact) mass is 409 g/mol. The van der Waals surface area contributed by atoms with Gasteiger partial charge in [-0.2, -0.15) is 0 Å². The van der Waals surface area contributed by atoms with Crippen molar-refractivity contribution >= 4 is 17.5 Å². The minimum atomic E-state index is -0.287. The highest BCUT2D eigenvalue weighted by atomic mass is 16.5. The lowest BCUT2D eigenvalue weighted by Gasteiger charge is -2.32. The summed E-state index contributed by atoms with van der Waals surface area (Å²) < 4.78 is 5.83. The molecule has 0 saturated carbocycles. The van der Waals surface area contributed by atoms with Crippen molar-refractivity contribution < 1.29 is 14.3 Å². The maximum atomic E-state index is 13.0. The van der Waals surface area contributed by atoms with Crippen molar-refractivity contribution in [2.75, 3.05) is 45.2 Å². The fourth-order valence-corrected chi connectivity index (χ4v) is 3.53. The second-order valence-electron chi connectivity index (χ2n) is 8.17. The molecule has 0 unspecified atom stereocenters. The summed E-state index contributed by atoms with van der Waals surface area (Å²) in [5.74, 6) is 0.679. The summed E-state index contributed by atoms with van der Waals surface area (Å²) in [5.41, 5.74) is 3.18. The lowest BCUT2D eigenvalue weighted by Crippen LogP contribution is -2.47. The van der Waals surface area contributed by atoms with Crippen LogP contribution in [-0.2, 0) is 4.79 Å². The van der Waals surface area contributed by atoms with Crippen LogP contribution in [0.1, 0.15) is 41.3 Å². The maximum Gasteiger partial charge on any atom is 0.262 e. The van der Waals surface area contributed by atoms with Gasteiger partial charge in [0.1, 0.15) is 5.75 Å². The Labute approximate surface area is 178 Å². The van der Waals surface area contributed by atoms with Crippen molar-refractivity contribution in [3.8, 4) is 5.75 Å². The van der Waals surface area contributed by atoms with Crippen LogP contribution in [0.2, 0.25) is 0 Å². The van der Waals surface area contributed by atoms with E-state index in [0.717, 1.165) is 30.0 Å². The first-order valence-electron chi connectivity index (χ1n) is 10.4. The van der Waals surface area contributed by atoms with Crippen LogP contribution in [0.5, 0.6) is 5.75 Å². The average Bonchev–Trinajstić information content (AvgIpc) is 2.72. The van der Waals surface area contributed by atoms with E-state index in [1.165, 1.54) is 0 Å². The number of carbonyl (C=O) groups is 2. The molecule has 0 aromatic heterocycles. The molecule has 2 aromatic carbocycles. The molecule has 1 N–H and O–H groups in total. The van der Waals surface area contributed by atoms with Crippen LogP contribution in [0.3, 0.4) is 0 Å². The Bertz CT molecular complexity index is 902. The van der Waals surface area contributed by atoms with E-state index < -0.39 is 0 Å². The van der Waals surface area contributed by atoms with E-state index in [1.807, 2.05) is 42.2 Å². The predicted octanol–water partition coefficient (Wildman–Crippen LogP) is 3.52. The Morgan fingerprint density at radius 3 is 2.47 bits per heavy atom. The summed E-state index contributed by atoms with van der Waals surface area (Å²) in [6.45, 7) is 9.15. The van der Waals surface area contributed by atoms with Gasteiger partial charge in [-0.1, -0.05) is 38.1 Å². The molecule has 1 aliphatic rings. The van der Waals surface area contributed by atoms with Crippen LogP contribution in [0.15, 0.2) is 42.5 Å². The topological polar surface area (TPSA) is 61.9 Å². The Kier molecular flexibility index (Phi) is 7.11. The van der Waals surface area contributed by atoms with Crippen molar-refractivity contribution in [1.29, 1.82) is 0 Å². The number of likely N-dealkylation sites (N-methyl/N-ethyl adjacent to an activating group) is 1. The molecule has 0 bridgehead atoms. The third-order valence-electron chi connectivity index (χ3n) is 5.37. The van der Waals surface area contributed by atoms with Crippen LogP contribution in [-0.4, -0.2) is 61.4 Å². The van der Waals surface area contributed by atoms with E-state index in [1.54, 1.807) is 12.1 Å². The average molecular weight is 410 g/mol. The summed E-state index contributed by atoms with van der Waals surface area (Å²) in [4.78, 5) is 29.6. The van der Waals surface area contributed by atoms with E-state index >= 15 is 0 Å². The zero-order valence-electron chi connectivity index (χ0n) is 18.3. The summed E-state index contributed by atoms with van der Waals surface area (Å²) in [6, 6.07) is 13.2. The molecule has 0 radical (unpaired) electrons.